The number of nitrogens with one attached hydrogen (secondary N) is 1. The van der Waals surface area contributed by atoms with Gasteiger partial charge in [0.05, 0.1) is 15.0 Å². The summed E-state index contributed by atoms with van der Waals surface area (Å²) in [6.45, 7) is 2.48. The van der Waals surface area contributed by atoms with E-state index in [1.807, 2.05) is 19.0 Å². The molecule has 0 fully saturated rings. The van der Waals surface area contributed by atoms with Crippen molar-refractivity contribution in [2.45, 2.75) is 12.5 Å². The Morgan fingerprint density at radius 1 is 1.63 bits per heavy atom. The Labute approximate surface area is 119 Å². The molecule has 0 aromatic carbocycles. The smallest absolute Gasteiger partial charge is 0.288 e. The van der Waals surface area contributed by atoms with Gasteiger partial charge in [0.2, 0.25) is 0 Å². The van der Waals surface area contributed by atoms with E-state index in [-0.39, 0.29) is 12.2 Å². The highest BCUT2D eigenvalue weighted by Crippen LogP contribution is 2.24. The summed E-state index contributed by atoms with van der Waals surface area (Å²) >= 11 is 3.21. The van der Waals surface area contributed by atoms with E-state index in [0.29, 0.717) is 16.8 Å². The van der Waals surface area contributed by atoms with Crippen molar-refractivity contribution in [1.82, 2.24) is 9.88 Å². The molecule has 8 heteroatoms. The van der Waals surface area contributed by atoms with E-state index in [9.17, 15) is 15.2 Å². The third-order valence-electron chi connectivity index (χ3n) is 2.33. The SMILES string of the molecule is CN(C)CC(C)(O)CNc1ncc([N+](=O)[O-])cc1Br. The zero-order valence-corrected chi connectivity index (χ0v) is 12.6. The number of rotatable bonds is 6. The number of aromatic nitrogens is 1. The first-order valence-electron chi connectivity index (χ1n) is 5.62. The van der Waals surface area contributed by atoms with Crippen molar-refractivity contribution in [2.24, 2.45) is 0 Å². The van der Waals surface area contributed by atoms with E-state index in [1.165, 1.54) is 12.3 Å². The summed E-state index contributed by atoms with van der Waals surface area (Å²) in [6.07, 6.45) is 1.17. The molecule has 0 amide bonds. The number of anilines is 1. The van der Waals surface area contributed by atoms with Crippen molar-refractivity contribution in [3.05, 3.63) is 26.9 Å². The van der Waals surface area contributed by atoms with Gasteiger partial charge in [-0.3, -0.25) is 10.1 Å². The van der Waals surface area contributed by atoms with E-state index >= 15 is 0 Å². The number of nitrogens with zero attached hydrogens (tertiary/aromatic N) is 3. The molecule has 0 saturated carbocycles. The van der Waals surface area contributed by atoms with Crippen molar-refractivity contribution in [2.75, 3.05) is 32.5 Å². The molecule has 0 spiro atoms. The fraction of sp³-hybridized carbons (Fsp3) is 0.545. The average Bonchev–Trinajstić information content (AvgIpc) is 2.25. The second kappa shape index (κ2) is 6.27. The molecule has 1 heterocycles. The zero-order valence-electron chi connectivity index (χ0n) is 11.1. The molecule has 0 aliphatic rings. The summed E-state index contributed by atoms with van der Waals surface area (Å²) in [4.78, 5) is 15.9. The number of hydrogen-bond acceptors (Lipinski definition) is 6. The first-order chi connectivity index (χ1) is 8.71. The highest BCUT2D eigenvalue weighted by molar-refractivity contribution is 9.10. The predicted molar refractivity (Wildman–Crippen MR) is 76.3 cm³/mol. The van der Waals surface area contributed by atoms with Crippen LogP contribution in [0.1, 0.15) is 6.92 Å². The predicted octanol–water partition coefficient (Wildman–Crippen LogP) is 1.48. The number of nitro groups is 1. The van der Waals surface area contributed by atoms with Gasteiger partial charge in [0.15, 0.2) is 0 Å². The van der Waals surface area contributed by atoms with Crippen LogP contribution in [0.25, 0.3) is 0 Å². The Morgan fingerprint density at radius 3 is 2.74 bits per heavy atom. The third-order valence-corrected chi connectivity index (χ3v) is 2.94. The minimum absolute atomic E-state index is 0.0857. The standard InChI is InChI=1S/C11H17BrN4O3/c1-11(17,7-15(2)3)6-14-10-9(12)4-8(5-13-10)16(18)19/h4-5,17H,6-7H2,1-3H3,(H,13,14). The van der Waals surface area contributed by atoms with Crippen molar-refractivity contribution >= 4 is 27.4 Å². The number of likely N-dealkylation sites (N-methyl/N-ethyl adjacent to an activating group) is 1. The number of pyridine rings is 1. The monoisotopic (exact) mass is 332 g/mol. The summed E-state index contributed by atoms with van der Waals surface area (Å²) in [6, 6.07) is 1.37. The van der Waals surface area contributed by atoms with Gasteiger partial charge in [0.1, 0.15) is 12.0 Å². The van der Waals surface area contributed by atoms with Crippen LogP contribution in [-0.4, -0.2) is 52.7 Å². The lowest BCUT2D eigenvalue weighted by Gasteiger charge is -2.27. The summed E-state index contributed by atoms with van der Waals surface area (Å²) < 4.78 is 0.488. The van der Waals surface area contributed by atoms with Gasteiger partial charge in [-0.15, -0.1) is 0 Å². The van der Waals surface area contributed by atoms with Crippen LogP contribution >= 0.6 is 15.9 Å². The molecule has 0 aliphatic heterocycles. The molecule has 1 atom stereocenters. The van der Waals surface area contributed by atoms with Crippen LogP contribution in [-0.2, 0) is 0 Å². The Hall–Kier alpha value is -1.25. The molecule has 1 aromatic rings. The van der Waals surface area contributed by atoms with Crippen LogP contribution in [0, 0.1) is 10.1 Å². The van der Waals surface area contributed by atoms with E-state index in [1.54, 1.807) is 6.92 Å². The molecule has 2 N–H and O–H groups in total. The average molecular weight is 333 g/mol. The molecule has 1 rings (SSSR count). The first-order valence-corrected chi connectivity index (χ1v) is 6.41. The third kappa shape index (κ3) is 5.09. The van der Waals surface area contributed by atoms with Crippen molar-refractivity contribution < 1.29 is 10.0 Å². The lowest BCUT2D eigenvalue weighted by atomic mass is 10.1. The van der Waals surface area contributed by atoms with Gasteiger partial charge in [-0.2, -0.15) is 0 Å². The summed E-state index contributed by atoms with van der Waals surface area (Å²) in [5, 5.41) is 23.7. The molecular weight excluding hydrogens is 316 g/mol. The van der Waals surface area contributed by atoms with Crippen LogP contribution < -0.4 is 5.32 Å². The van der Waals surface area contributed by atoms with Crippen LogP contribution in [0.3, 0.4) is 0 Å². The fourth-order valence-corrected chi connectivity index (χ4v) is 2.15. The van der Waals surface area contributed by atoms with Crippen LogP contribution in [0.2, 0.25) is 0 Å². The lowest BCUT2D eigenvalue weighted by molar-refractivity contribution is -0.385. The molecule has 1 aromatic heterocycles. The Balaban J connectivity index is 2.71. The van der Waals surface area contributed by atoms with Gasteiger partial charge >= 0.3 is 0 Å². The van der Waals surface area contributed by atoms with Gasteiger partial charge in [0, 0.05) is 19.2 Å². The Bertz CT molecular complexity index is 465. The topological polar surface area (TPSA) is 91.5 Å². The molecular formula is C11H17BrN4O3. The maximum atomic E-state index is 10.6. The second-order valence-corrected chi connectivity index (χ2v) is 5.72. The molecule has 0 saturated heterocycles. The van der Waals surface area contributed by atoms with E-state index in [0.717, 1.165) is 0 Å². The van der Waals surface area contributed by atoms with Gasteiger partial charge in [0.25, 0.3) is 5.69 Å². The van der Waals surface area contributed by atoms with Crippen molar-refractivity contribution in [3.63, 3.8) is 0 Å². The molecule has 19 heavy (non-hydrogen) atoms. The number of aliphatic hydroxyl groups is 1. The van der Waals surface area contributed by atoms with Gasteiger partial charge in [-0.25, -0.2) is 4.98 Å². The van der Waals surface area contributed by atoms with E-state index in [2.05, 4.69) is 26.2 Å². The van der Waals surface area contributed by atoms with Crippen LogP contribution in [0.5, 0.6) is 0 Å². The molecule has 0 radical (unpaired) electrons. The van der Waals surface area contributed by atoms with E-state index in [4.69, 9.17) is 0 Å². The molecule has 0 aliphatic carbocycles. The summed E-state index contributed by atoms with van der Waals surface area (Å²) in [5.74, 6) is 0.463. The van der Waals surface area contributed by atoms with Gasteiger partial charge in [-0.1, -0.05) is 0 Å². The number of hydrogen-bond donors (Lipinski definition) is 2. The molecule has 7 nitrogen and oxygen atoms in total. The minimum Gasteiger partial charge on any atom is -0.387 e. The fourth-order valence-electron chi connectivity index (χ4n) is 1.67. The largest absolute Gasteiger partial charge is 0.387 e. The van der Waals surface area contributed by atoms with Crippen molar-refractivity contribution in [1.29, 1.82) is 0 Å². The number of halogens is 1. The van der Waals surface area contributed by atoms with Crippen LogP contribution in [0.15, 0.2) is 16.7 Å². The highest BCUT2D eigenvalue weighted by atomic mass is 79.9. The lowest BCUT2D eigenvalue weighted by Crippen LogP contribution is -2.43. The van der Waals surface area contributed by atoms with Crippen molar-refractivity contribution in [3.8, 4) is 0 Å². The normalized spacial score (nSPS) is 14.2. The van der Waals surface area contributed by atoms with Gasteiger partial charge in [-0.05, 0) is 36.9 Å². The second-order valence-electron chi connectivity index (χ2n) is 4.87. The maximum Gasteiger partial charge on any atom is 0.288 e. The molecule has 0 bridgehead atoms. The Kier molecular flexibility index (Phi) is 5.21. The summed E-state index contributed by atoms with van der Waals surface area (Å²) in [7, 11) is 3.74. The first kappa shape index (κ1) is 15.8. The van der Waals surface area contributed by atoms with Gasteiger partial charge < -0.3 is 15.3 Å². The Morgan fingerprint density at radius 2 is 2.26 bits per heavy atom. The highest BCUT2D eigenvalue weighted by Gasteiger charge is 2.22. The zero-order chi connectivity index (χ0) is 14.6. The molecule has 106 valence electrons. The quantitative estimate of drug-likeness (QED) is 0.605. The maximum absolute atomic E-state index is 10.6. The summed E-state index contributed by atoms with van der Waals surface area (Å²) in [5.41, 5.74) is -1.01. The minimum atomic E-state index is -0.924. The van der Waals surface area contributed by atoms with Crippen LogP contribution in [0.4, 0.5) is 11.5 Å². The molecule has 1 unspecified atom stereocenters. The van der Waals surface area contributed by atoms with E-state index < -0.39 is 10.5 Å².